The Hall–Kier alpha value is -0.180. The van der Waals surface area contributed by atoms with Crippen LogP contribution in [0.1, 0.15) is 19.8 Å². The van der Waals surface area contributed by atoms with Crippen molar-refractivity contribution in [3.05, 3.63) is 22.3 Å². The molecule has 0 saturated heterocycles. The summed E-state index contributed by atoms with van der Waals surface area (Å²) in [5.74, 6) is 0.628. The number of hydrogen-bond acceptors (Lipinski definition) is 2. The maximum absolute atomic E-state index is 6.06. The number of aromatic nitrogens is 1. The van der Waals surface area contributed by atoms with Crippen molar-refractivity contribution in [1.29, 1.82) is 0 Å². The van der Waals surface area contributed by atoms with Gasteiger partial charge in [0, 0.05) is 12.7 Å². The highest BCUT2D eigenvalue weighted by molar-refractivity contribution is 6.35. The first-order chi connectivity index (χ1) is 7.13. The van der Waals surface area contributed by atoms with Gasteiger partial charge in [0.15, 0.2) is 0 Å². The van der Waals surface area contributed by atoms with Crippen molar-refractivity contribution < 1.29 is 0 Å². The molecule has 0 radical (unpaired) electrons. The number of alkyl halides is 1. The van der Waals surface area contributed by atoms with E-state index in [4.69, 9.17) is 34.8 Å². The quantitative estimate of drug-likeness (QED) is 0.809. The number of hydrogen-bond donors (Lipinski definition) is 1. The van der Waals surface area contributed by atoms with E-state index in [9.17, 15) is 0 Å². The summed E-state index contributed by atoms with van der Waals surface area (Å²) in [5.41, 5.74) is 0. The van der Waals surface area contributed by atoms with E-state index in [1.165, 1.54) is 0 Å². The minimum absolute atomic E-state index is 0.101. The molecule has 2 nitrogen and oxygen atoms in total. The Labute approximate surface area is 105 Å². The second kappa shape index (κ2) is 6.41. The van der Waals surface area contributed by atoms with Crippen molar-refractivity contribution in [2.75, 3.05) is 11.9 Å². The molecule has 0 aromatic carbocycles. The number of halogens is 3. The standard InChI is InChI=1S/C10H13Cl3N2/c1-2-3-7(11)5-14-10-9(13)4-8(12)6-15-10/h4,6-7H,2-3,5H2,1H3,(H,14,15). The summed E-state index contributed by atoms with van der Waals surface area (Å²) in [5, 5.41) is 4.24. The SMILES string of the molecule is CCCC(Cl)CNc1ncc(Cl)cc1Cl. The molecule has 15 heavy (non-hydrogen) atoms. The van der Waals surface area contributed by atoms with Gasteiger partial charge in [-0.3, -0.25) is 0 Å². The van der Waals surface area contributed by atoms with Gasteiger partial charge in [0.25, 0.3) is 0 Å². The van der Waals surface area contributed by atoms with Crippen LogP contribution in [-0.4, -0.2) is 16.9 Å². The molecule has 0 bridgehead atoms. The van der Waals surface area contributed by atoms with Crippen molar-refractivity contribution >= 4 is 40.6 Å². The lowest BCUT2D eigenvalue weighted by Gasteiger charge is -2.11. The van der Waals surface area contributed by atoms with Gasteiger partial charge < -0.3 is 5.32 Å². The van der Waals surface area contributed by atoms with Gasteiger partial charge >= 0.3 is 0 Å². The molecule has 84 valence electrons. The summed E-state index contributed by atoms with van der Waals surface area (Å²) >= 11 is 17.7. The molecular formula is C10H13Cl3N2. The van der Waals surface area contributed by atoms with Gasteiger partial charge in [0.2, 0.25) is 0 Å². The van der Waals surface area contributed by atoms with Crippen molar-refractivity contribution in [1.82, 2.24) is 4.98 Å². The summed E-state index contributed by atoms with van der Waals surface area (Å²) in [6.07, 6.45) is 3.59. The molecule has 1 aromatic rings. The van der Waals surface area contributed by atoms with Crippen LogP contribution in [0.3, 0.4) is 0 Å². The van der Waals surface area contributed by atoms with E-state index in [0.29, 0.717) is 22.4 Å². The minimum atomic E-state index is 0.101. The smallest absolute Gasteiger partial charge is 0.144 e. The van der Waals surface area contributed by atoms with Gasteiger partial charge in [-0.25, -0.2) is 4.98 Å². The maximum atomic E-state index is 6.06. The molecule has 1 unspecified atom stereocenters. The Morgan fingerprint density at radius 3 is 2.80 bits per heavy atom. The number of nitrogens with one attached hydrogen (secondary N) is 1. The van der Waals surface area contributed by atoms with E-state index in [0.717, 1.165) is 12.8 Å². The molecule has 5 heteroatoms. The number of pyridine rings is 1. The van der Waals surface area contributed by atoms with E-state index < -0.39 is 0 Å². The summed E-state index contributed by atoms with van der Waals surface area (Å²) < 4.78 is 0. The highest BCUT2D eigenvalue weighted by Gasteiger charge is 2.06. The average molecular weight is 268 g/mol. The fourth-order valence-electron chi connectivity index (χ4n) is 1.17. The minimum Gasteiger partial charge on any atom is -0.367 e. The van der Waals surface area contributed by atoms with Gasteiger partial charge in [-0.05, 0) is 12.5 Å². The Morgan fingerprint density at radius 1 is 1.47 bits per heavy atom. The molecule has 1 aromatic heterocycles. The van der Waals surface area contributed by atoms with Crippen LogP contribution in [0.5, 0.6) is 0 Å². The molecule has 1 atom stereocenters. The van der Waals surface area contributed by atoms with Gasteiger partial charge in [0.1, 0.15) is 5.82 Å². The molecule has 1 N–H and O–H groups in total. The summed E-state index contributed by atoms with van der Waals surface area (Å²) in [4.78, 5) is 4.08. The van der Waals surface area contributed by atoms with E-state index >= 15 is 0 Å². The van der Waals surface area contributed by atoms with Gasteiger partial charge in [-0.1, -0.05) is 36.5 Å². The molecule has 0 aliphatic carbocycles. The van der Waals surface area contributed by atoms with Crippen LogP contribution in [0.15, 0.2) is 12.3 Å². The molecule has 0 fully saturated rings. The highest BCUT2D eigenvalue weighted by Crippen LogP contribution is 2.22. The van der Waals surface area contributed by atoms with E-state index in [-0.39, 0.29) is 5.38 Å². The monoisotopic (exact) mass is 266 g/mol. The molecule has 0 saturated carbocycles. The molecule has 1 rings (SSSR count). The van der Waals surface area contributed by atoms with E-state index in [2.05, 4.69) is 17.2 Å². The molecule has 0 aliphatic heterocycles. The highest BCUT2D eigenvalue weighted by atomic mass is 35.5. The number of anilines is 1. The first kappa shape index (κ1) is 12.9. The maximum Gasteiger partial charge on any atom is 0.144 e. The first-order valence-electron chi connectivity index (χ1n) is 4.82. The Kier molecular flexibility index (Phi) is 5.51. The van der Waals surface area contributed by atoms with Crippen LogP contribution in [0.25, 0.3) is 0 Å². The van der Waals surface area contributed by atoms with Crippen molar-refractivity contribution in [2.45, 2.75) is 25.1 Å². The van der Waals surface area contributed by atoms with E-state index in [1.807, 2.05) is 0 Å². The number of rotatable bonds is 5. The second-order valence-electron chi connectivity index (χ2n) is 3.25. The third kappa shape index (κ3) is 4.45. The van der Waals surface area contributed by atoms with Crippen LogP contribution >= 0.6 is 34.8 Å². The van der Waals surface area contributed by atoms with Crippen LogP contribution in [0.4, 0.5) is 5.82 Å². The van der Waals surface area contributed by atoms with Gasteiger partial charge in [-0.2, -0.15) is 0 Å². The Balaban J connectivity index is 2.50. The summed E-state index contributed by atoms with van der Waals surface area (Å²) in [6, 6.07) is 1.65. The van der Waals surface area contributed by atoms with Crippen LogP contribution in [0.2, 0.25) is 10.0 Å². The normalized spacial score (nSPS) is 12.5. The van der Waals surface area contributed by atoms with Gasteiger partial charge in [-0.15, -0.1) is 11.6 Å². The van der Waals surface area contributed by atoms with Crippen molar-refractivity contribution in [2.24, 2.45) is 0 Å². The molecule has 0 spiro atoms. The predicted molar refractivity (Wildman–Crippen MR) is 67.3 cm³/mol. The number of nitrogens with zero attached hydrogens (tertiary/aromatic N) is 1. The summed E-state index contributed by atoms with van der Waals surface area (Å²) in [6.45, 7) is 2.76. The molecule has 1 heterocycles. The Morgan fingerprint density at radius 2 is 2.20 bits per heavy atom. The predicted octanol–water partition coefficient (Wildman–Crippen LogP) is 4.21. The van der Waals surface area contributed by atoms with Crippen molar-refractivity contribution in [3.8, 4) is 0 Å². The average Bonchev–Trinajstić information content (AvgIpc) is 2.17. The van der Waals surface area contributed by atoms with E-state index in [1.54, 1.807) is 12.3 Å². The van der Waals surface area contributed by atoms with Crippen LogP contribution < -0.4 is 5.32 Å². The molecule has 0 amide bonds. The third-order valence-corrected chi connectivity index (χ3v) is 2.77. The fraction of sp³-hybridized carbons (Fsp3) is 0.500. The Bertz CT molecular complexity index is 318. The topological polar surface area (TPSA) is 24.9 Å². The lowest BCUT2D eigenvalue weighted by atomic mass is 10.2. The summed E-state index contributed by atoms with van der Waals surface area (Å²) in [7, 11) is 0. The first-order valence-corrected chi connectivity index (χ1v) is 6.01. The fourth-order valence-corrected chi connectivity index (χ4v) is 1.91. The second-order valence-corrected chi connectivity index (χ2v) is 4.71. The zero-order valence-electron chi connectivity index (χ0n) is 8.43. The van der Waals surface area contributed by atoms with Gasteiger partial charge in [0.05, 0.1) is 15.4 Å². The zero-order chi connectivity index (χ0) is 11.3. The lowest BCUT2D eigenvalue weighted by Crippen LogP contribution is -2.14. The largest absolute Gasteiger partial charge is 0.367 e. The van der Waals surface area contributed by atoms with Crippen molar-refractivity contribution in [3.63, 3.8) is 0 Å². The molecule has 0 aliphatic rings. The third-order valence-electron chi connectivity index (χ3n) is 1.90. The lowest BCUT2D eigenvalue weighted by molar-refractivity contribution is 0.750. The van der Waals surface area contributed by atoms with Crippen LogP contribution in [0, 0.1) is 0 Å². The zero-order valence-corrected chi connectivity index (χ0v) is 10.7. The van der Waals surface area contributed by atoms with Crippen LogP contribution in [-0.2, 0) is 0 Å². The molecular weight excluding hydrogens is 254 g/mol.